The van der Waals surface area contributed by atoms with Crippen molar-refractivity contribution >= 4 is 17.4 Å². The molecule has 2 aliphatic heterocycles. The third-order valence-electron chi connectivity index (χ3n) is 5.03. The van der Waals surface area contributed by atoms with Gasteiger partial charge in [0, 0.05) is 70.3 Å². The standard InChI is InChI=1S/C19H29N5O/c1-3-8-22-11-15-24(16-12-22)19(25)20-17-4-6-18(7-5-17)23-13-9-21(2)10-14-23/h3-7H,1,8-16H2,2H3,(H,20,25). The van der Waals surface area contributed by atoms with Gasteiger partial charge in [-0.25, -0.2) is 4.79 Å². The Morgan fingerprint density at radius 1 is 1.04 bits per heavy atom. The zero-order valence-electron chi connectivity index (χ0n) is 15.2. The molecule has 0 unspecified atom stereocenters. The fourth-order valence-corrected chi connectivity index (χ4v) is 3.34. The first-order valence-electron chi connectivity index (χ1n) is 9.08. The van der Waals surface area contributed by atoms with E-state index in [0.717, 1.165) is 64.6 Å². The van der Waals surface area contributed by atoms with Crippen LogP contribution in [-0.4, -0.2) is 86.7 Å². The molecule has 0 saturated carbocycles. The predicted octanol–water partition coefficient (Wildman–Crippen LogP) is 1.77. The van der Waals surface area contributed by atoms with E-state index in [4.69, 9.17) is 0 Å². The van der Waals surface area contributed by atoms with Crippen molar-refractivity contribution in [3.63, 3.8) is 0 Å². The average molecular weight is 343 g/mol. The highest BCUT2D eigenvalue weighted by Gasteiger charge is 2.20. The first-order chi connectivity index (χ1) is 12.2. The Balaban J connectivity index is 1.49. The molecule has 1 aromatic carbocycles. The normalized spacial score (nSPS) is 19.7. The number of urea groups is 1. The number of carbonyl (C=O) groups excluding carboxylic acids is 1. The van der Waals surface area contributed by atoms with Crippen molar-refractivity contribution in [2.45, 2.75) is 0 Å². The molecule has 25 heavy (non-hydrogen) atoms. The summed E-state index contributed by atoms with van der Waals surface area (Å²) in [6.07, 6.45) is 1.91. The molecule has 1 N–H and O–H groups in total. The zero-order chi connectivity index (χ0) is 17.6. The van der Waals surface area contributed by atoms with Crippen molar-refractivity contribution in [2.75, 3.05) is 76.2 Å². The molecule has 0 bridgehead atoms. The van der Waals surface area contributed by atoms with Crippen molar-refractivity contribution in [1.82, 2.24) is 14.7 Å². The maximum atomic E-state index is 12.4. The lowest BCUT2D eigenvalue weighted by Crippen LogP contribution is -2.49. The Morgan fingerprint density at radius 3 is 2.28 bits per heavy atom. The SMILES string of the molecule is C=CCN1CCN(C(=O)Nc2ccc(N3CCN(C)CC3)cc2)CC1. The van der Waals surface area contributed by atoms with Gasteiger partial charge >= 0.3 is 6.03 Å². The number of benzene rings is 1. The summed E-state index contributed by atoms with van der Waals surface area (Å²) in [6, 6.07) is 8.19. The third-order valence-corrected chi connectivity index (χ3v) is 5.03. The summed E-state index contributed by atoms with van der Waals surface area (Å²) in [5.41, 5.74) is 2.08. The van der Waals surface area contributed by atoms with Gasteiger partial charge in [0.05, 0.1) is 0 Å². The van der Waals surface area contributed by atoms with Crippen molar-refractivity contribution in [3.05, 3.63) is 36.9 Å². The number of piperazine rings is 2. The number of carbonyl (C=O) groups is 1. The van der Waals surface area contributed by atoms with Gasteiger partial charge in [0.2, 0.25) is 0 Å². The average Bonchev–Trinajstić information content (AvgIpc) is 2.64. The number of nitrogens with zero attached hydrogens (tertiary/aromatic N) is 4. The van der Waals surface area contributed by atoms with Crippen LogP contribution in [0.5, 0.6) is 0 Å². The van der Waals surface area contributed by atoms with Crippen LogP contribution >= 0.6 is 0 Å². The molecule has 2 aliphatic rings. The Morgan fingerprint density at radius 2 is 1.68 bits per heavy atom. The molecule has 0 aromatic heterocycles. The second-order valence-corrected chi connectivity index (χ2v) is 6.84. The molecule has 2 amide bonds. The fourth-order valence-electron chi connectivity index (χ4n) is 3.34. The largest absolute Gasteiger partial charge is 0.369 e. The highest BCUT2D eigenvalue weighted by atomic mass is 16.2. The van der Waals surface area contributed by atoms with E-state index in [-0.39, 0.29) is 6.03 Å². The van der Waals surface area contributed by atoms with Gasteiger partial charge in [-0.2, -0.15) is 0 Å². The highest BCUT2D eigenvalue weighted by molar-refractivity contribution is 5.89. The van der Waals surface area contributed by atoms with Crippen LogP contribution in [0.2, 0.25) is 0 Å². The first-order valence-corrected chi connectivity index (χ1v) is 9.08. The van der Waals surface area contributed by atoms with Gasteiger partial charge in [0.15, 0.2) is 0 Å². The highest BCUT2D eigenvalue weighted by Crippen LogP contribution is 2.19. The van der Waals surface area contributed by atoms with E-state index < -0.39 is 0 Å². The molecule has 0 radical (unpaired) electrons. The van der Waals surface area contributed by atoms with Gasteiger partial charge in [0.1, 0.15) is 0 Å². The van der Waals surface area contributed by atoms with Crippen molar-refractivity contribution in [3.8, 4) is 0 Å². The fraction of sp³-hybridized carbons (Fsp3) is 0.526. The van der Waals surface area contributed by atoms with E-state index in [2.05, 4.69) is 45.8 Å². The second-order valence-electron chi connectivity index (χ2n) is 6.84. The quantitative estimate of drug-likeness (QED) is 0.846. The van der Waals surface area contributed by atoms with Crippen LogP contribution in [0.15, 0.2) is 36.9 Å². The summed E-state index contributed by atoms with van der Waals surface area (Å²) < 4.78 is 0. The van der Waals surface area contributed by atoms with Gasteiger partial charge in [-0.1, -0.05) is 6.08 Å². The molecule has 136 valence electrons. The van der Waals surface area contributed by atoms with Gasteiger partial charge in [-0.3, -0.25) is 4.90 Å². The first kappa shape index (κ1) is 17.8. The molecule has 2 heterocycles. The van der Waals surface area contributed by atoms with E-state index in [0.29, 0.717) is 0 Å². The van der Waals surface area contributed by atoms with Crippen LogP contribution in [0.4, 0.5) is 16.2 Å². The van der Waals surface area contributed by atoms with E-state index in [9.17, 15) is 4.79 Å². The van der Waals surface area contributed by atoms with E-state index in [1.54, 1.807) is 0 Å². The number of hydrogen-bond donors (Lipinski definition) is 1. The topological polar surface area (TPSA) is 42.1 Å². The number of likely N-dealkylation sites (N-methyl/N-ethyl adjacent to an activating group) is 1. The number of rotatable bonds is 4. The van der Waals surface area contributed by atoms with Crippen LogP contribution in [0.1, 0.15) is 0 Å². The van der Waals surface area contributed by atoms with Gasteiger partial charge < -0.3 is 20.0 Å². The van der Waals surface area contributed by atoms with Crippen LogP contribution in [-0.2, 0) is 0 Å². The van der Waals surface area contributed by atoms with Gasteiger partial charge in [-0.15, -0.1) is 6.58 Å². The Kier molecular flexibility index (Phi) is 5.94. The number of nitrogens with one attached hydrogen (secondary N) is 1. The Bertz CT molecular complexity index is 572. The molecular weight excluding hydrogens is 314 g/mol. The number of amides is 2. The third kappa shape index (κ3) is 4.74. The van der Waals surface area contributed by atoms with Crippen LogP contribution < -0.4 is 10.2 Å². The summed E-state index contributed by atoms with van der Waals surface area (Å²) in [7, 11) is 2.16. The minimum Gasteiger partial charge on any atom is -0.369 e. The molecule has 3 rings (SSSR count). The Hall–Kier alpha value is -2.05. The summed E-state index contributed by atoms with van der Waals surface area (Å²) >= 11 is 0. The summed E-state index contributed by atoms with van der Waals surface area (Å²) in [6.45, 7) is 12.3. The van der Waals surface area contributed by atoms with E-state index in [1.807, 2.05) is 23.1 Å². The molecule has 2 saturated heterocycles. The maximum Gasteiger partial charge on any atom is 0.321 e. The van der Waals surface area contributed by atoms with E-state index in [1.165, 1.54) is 5.69 Å². The molecule has 0 spiro atoms. The second kappa shape index (κ2) is 8.36. The molecule has 0 atom stereocenters. The molecule has 1 aromatic rings. The van der Waals surface area contributed by atoms with Crippen LogP contribution in [0.3, 0.4) is 0 Å². The molecule has 6 heteroatoms. The molecular formula is C19H29N5O. The van der Waals surface area contributed by atoms with Gasteiger partial charge in [0.25, 0.3) is 0 Å². The van der Waals surface area contributed by atoms with Crippen molar-refractivity contribution in [2.24, 2.45) is 0 Å². The smallest absolute Gasteiger partial charge is 0.321 e. The molecule has 2 fully saturated rings. The van der Waals surface area contributed by atoms with Crippen LogP contribution in [0, 0.1) is 0 Å². The lowest BCUT2D eigenvalue weighted by atomic mass is 10.2. The van der Waals surface area contributed by atoms with Crippen molar-refractivity contribution < 1.29 is 4.79 Å². The Labute approximate surface area is 150 Å². The monoisotopic (exact) mass is 343 g/mol. The summed E-state index contributed by atoms with van der Waals surface area (Å²) in [5.74, 6) is 0. The van der Waals surface area contributed by atoms with Gasteiger partial charge in [-0.05, 0) is 31.3 Å². The predicted molar refractivity (Wildman–Crippen MR) is 103 cm³/mol. The lowest BCUT2D eigenvalue weighted by molar-refractivity contribution is 0.156. The summed E-state index contributed by atoms with van der Waals surface area (Å²) in [4.78, 5) is 21.3. The number of anilines is 2. The lowest BCUT2D eigenvalue weighted by Gasteiger charge is -2.34. The minimum atomic E-state index is -0.00870. The number of hydrogen-bond acceptors (Lipinski definition) is 4. The van der Waals surface area contributed by atoms with Crippen LogP contribution in [0.25, 0.3) is 0 Å². The maximum absolute atomic E-state index is 12.4. The molecule has 6 nitrogen and oxygen atoms in total. The summed E-state index contributed by atoms with van der Waals surface area (Å²) in [5, 5.41) is 3.02. The van der Waals surface area contributed by atoms with Crippen molar-refractivity contribution in [1.29, 1.82) is 0 Å². The minimum absolute atomic E-state index is 0.00870. The van der Waals surface area contributed by atoms with E-state index >= 15 is 0 Å². The molecule has 0 aliphatic carbocycles. The zero-order valence-corrected chi connectivity index (χ0v) is 15.2.